The maximum absolute atomic E-state index is 5.64. The van der Waals surface area contributed by atoms with E-state index in [9.17, 15) is 0 Å². The third-order valence-corrected chi connectivity index (χ3v) is 7.18. The number of aromatic nitrogens is 3. The Balaban J connectivity index is 1.60. The summed E-state index contributed by atoms with van der Waals surface area (Å²) in [5, 5.41) is 4.86. The number of hydrogen-bond acceptors (Lipinski definition) is 5. The summed E-state index contributed by atoms with van der Waals surface area (Å²) in [4.78, 5) is 5.16. The molecule has 0 amide bonds. The molecular weight excluding hydrogens is 352 g/mol. The number of ether oxygens (including phenoxy) is 1. The minimum Gasteiger partial charge on any atom is -0.379 e. The van der Waals surface area contributed by atoms with Crippen LogP contribution in [0.15, 0.2) is 6.07 Å². The number of fused-ring (bicyclic) bond motifs is 1. The molecule has 2 aromatic rings. The van der Waals surface area contributed by atoms with Gasteiger partial charge in [0.1, 0.15) is 0 Å². The second-order valence-electron chi connectivity index (χ2n) is 7.11. The Morgan fingerprint density at radius 2 is 2.16 bits per heavy atom. The largest absolute Gasteiger partial charge is 0.379 e. The quantitative estimate of drug-likeness (QED) is 0.763. The molecule has 0 spiro atoms. The highest BCUT2D eigenvalue weighted by Crippen LogP contribution is 2.37. The Kier molecular flexibility index (Phi) is 5.08. The first-order valence-corrected chi connectivity index (χ1v) is 10.4. The van der Waals surface area contributed by atoms with E-state index in [2.05, 4.69) is 22.5 Å². The lowest BCUT2D eigenvalue weighted by atomic mass is 9.87. The highest BCUT2D eigenvalue weighted by atomic mass is 32.1. The van der Waals surface area contributed by atoms with Crippen LogP contribution in [-0.2, 0) is 31.3 Å². The van der Waals surface area contributed by atoms with Crippen LogP contribution in [0.3, 0.4) is 0 Å². The van der Waals surface area contributed by atoms with Gasteiger partial charge in [-0.2, -0.15) is 0 Å². The first-order valence-electron chi connectivity index (χ1n) is 9.21. The number of morpholine rings is 1. The molecule has 25 heavy (non-hydrogen) atoms. The van der Waals surface area contributed by atoms with Gasteiger partial charge in [-0.3, -0.25) is 4.90 Å². The molecule has 0 radical (unpaired) electrons. The number of thiophene rings is 1. The van der Waals surface area contributed by atoms with Gasteiger partial charge >= 0.3 is 0 Å². The van der Waals surface area contributed by atoms with Crippen molar-refractivity contribution in [2.45, 2.75) is 39.3 Å². The standard InChI is InChI=1S/C18H26N4OS2/c1-3-13-4-5-15-14(10-13)11-16(25-15)17-19-22(18(24)20(17)2)12-21-6-8-23-9-7-21/h11,13H,3-10,12H2,1-2H3/t13-/m0/s1. The maximum Gasteiger partial charge on any atom is 0.199 e. The maximum atomic E-state index is 5.64. The lowest BCUT2D eigenvalue weighted by Gasteiger charge is -2.25. The van der Waals surface area contributed by atoms with Gasteiger partial charge in [0, 0.05) is 25.0 Å². The van der Waals surface area contributed by atoms with Crippen LogP contribution in [0, 0.1) is 10.7 Å². The molecule has 1 atom stereocenters. The molecule has 7 heteroatoms. The Labute approximate surface area is 158 Å². The molecule has 1 fully saturated rings. The molecule has 1 aliphatic heterocycles. The third-order valence-electron chi connectivity index (χ3n) is 5.46. The minimum atomic E-state index is 0.749. The van der Waals surface area contributed by atoms with E-state index in [1.54, 1.807) is 4.88 Å². The fourth-order valence-corrected chi connectivity index (χ4v) is 5.20. The van der Waals surface area contributed by atoms with E-state index in [0.29, 0.717) is 0 Å². The van der Waals surface area contributed by atoms with Gasteiger partial charge in [0.15, 0.2) is 10.6 Å². The SMILES string of the molecule is CC[C@H]1CCc2sc(-c3nn(CN4CCOCC4)c(=S)n3C)cc2C1. The smallest absolute Gasteiger partial charge is 0.199 e. The summed E-state index contributed by atoms with van der Waals surface area (Å²) in [5.74, 6) is 1.85. The molecule has 3 heterocycles. The van der Waals surface area contributed by atoms with Crippen molar-refractivity contribution in [3.8, 4) is 10.7 Å². The van der Waals surface area contributed by atoms with Crippen LogP contribution in [0.4, 0.5) is 0 Å². The Morgan fingerprint density at radius 3 is 2.92 bits per heavy atom. The van der Waals surface area contributed by atoms with Crippen molar-refractivity contribution in [1.82, 2.24) is 19.2 Å². The second-order valence-corrected chi connectivity index (χ2v) is 8.61. The van der Waals surface area contributed by atoms with Gasteiger partial charge in [-0.15, -0.1) is 16.4 Å². The van der Waals surface area contributed by atoms with Gasteiger partial charge in [0.05, 0.1) is 24.8 Å². The summed E-state index contributed by atoms with van der Waals surface area (Å²) in [6.07, 6.45) is 5.05. The van der Waals surface area contributed by atoms with Crippen molar-refractivity contribution in [2.75, 3.05) is 26.3 Å². The zero-order chi connectivity index (χ0) is 17.4. The van der Waals surface area contributed by atoms with Crippen molar-refractivity contribution in [3.05, 3.63) is 21.3 Å². The van der Waals surface area contributed by atoms with Crippen molar-refractivity contribution in [3.63, 3.8) is 0 Å². The number of hydrogen-bond donors (Lipinski definition) is 0. The van der Waals surface area contributed by atoms with Crippen LogP contribution in [-0.4, -0.2) is 45.6 Å². The highest BCUT2D eigenvalue weighted by Gasteiger charge is 2.22. The summed E-state index contributed by atoms with van der Waals surface area (Å²) in [5.41, 5.74) is 1.53. The molecule has 0 bridgehead atoms. The molecule has 4 rings (SSSR count). The topological polar surface area (TPSA) is 35.2 Å². The second kappa shape index (κ2) is 7.31. The first kappa shape index (κ1) is 17.4. The van der Waals surface area contributed by atoms with E-state index in [-0.39, 0.29) is 0 Å². The van der Waals surface area contributed by atoms with E-state index in [4.69, 9.17) is 22.1 Å². The molecule has 136 valence electrons. The van der Waals surface area contributed by atoms with Crippen LogP contribution in [0.5, 0.6) is 0 Å². The number of aryl methyl sites for hydroxylation is 1. The highest BCUT2D eigenvalue weighted by molar-refractivity contribution is 7.71. The lowest BCUT2D eigenvalue weighted by molar-refractivity contribution is 0.0210. The Hall–Kier alpha value is -1.02. The van der Waals surface area contributed by atoms with E-state index in [0.717, 1.165) is 49.5 Å². The molecule has 1 aliphatic carbocycles. The van der Waals surface area contributed by atoms with Crippen LogP contribution in [0.25, 0.3) is 10.7 Å². The van der Waals surface area contributed by atoms with Crippen LogP contribution in [0.2, 0.25) is 0 Å². The first-order chi connectivity index (χ1) is 12.2. The lowest BCUT2D eigenvalue weighted by Crippen LogP contribution is -2.37. The van der Waals surface area contributed by atoms with Crippen LogP contribution in [0.1, 0.15) is 30.2 Å². The predicted molar refractivity (Wildman–Crippen MR) is 104 cm³/mol. The molecule has 0 saturated carbocycles. The van der Waals surface area contributed by atoms with Gasteiger partial charge < -0.3 is 9.30 Å². The molecule has 0 unspecified atom stereocenters. The van der Waals surface area contributed by atoms with E-state index in [1.165, 1.54) is 36.1 Å². The van der Waals surface area contributed by atoms with Crippen molar-refractivity contribution in [2.24, 2.45) is 13.0 Å². The fourth-order valence-electron chi connectivity index (χ4n) is 3.78. The number of nitrogens with zero attached hydrogens (tertiary/aromatic N) is 4. The molecule has 2 aromatic heterocycles. The van der Waals surface area contributed by atoms with Crippen LogP contribution < -0.4 is 0 Å². The van der Waals surface area contributed by atoms with Gasteiger partial charge in [0.25, 0.3) is 0 Å². The van der Waals surface area contributed by atoms with Gasteiger partial charge in [-0.05, 0) is 49.0 Å². The molecule has 0 aromatic carbocycles. The summed E-state index contributed by atoms with van der Waals surface area (Å²) in [7, 11) is 2.04. The zero-order valence-corrected chi connectivity index (χ0v) is 16.7. The van der Waals surface area contributed by atoms with Crippen molar-refractivity contribution < 1.29 is 4.74 Å². The van der Waals surface area contributed by atoms with Crippen LogP contribution >= 0.6 is 23.6 Å². The normalized spacial score (nSPS) is 21.4. The van der Waals surface area contributed by atoms with E-state index in [1.807, 2.05) is 23.1 Å². The van der Waals surface area contributed by atoms with Crippen molar-refractivity contribution >= 4 is 23.6 Å². The predicted octanol–water partition coefficient (Wildman–Crippen LogP) is 3.48. The zero-order valence-electron chi connectivity index (χ0n) is 15.0. The van der Waals surface area contributed by atoms with Gasteiger partial charge in [0.2, 0.25) is 0 Å². The molecule has 5 nitrogen and oxygen atoms in total. The Morgan fingerprint density at radius 1 is 1.36 bits per heavy atom. The molecule has 1 saturated heterocycles. The summed E-state index contributed by atoms with van der Waals surface area (Å²) >= 11 is 7.55. The average molecular weight is 379 g/mol. The third kappa shape index (κ3) is 3.47. The fraction of sp³-hybridized carbons (Fsp3) is 0.667. The monoisotopic (exact) mass is 378 g/mol. The Bertz CT molecular complexity index is 801. The van der Waals surface area contributed by atoms with Crippen molar-refractivity contribution in [1.29, 1.82) is 0 Å². The van der Waals surface area contributed by atoms with E-state index >= 15 is 0 Å². The number of rotatable bonds is 4. The molecular formula is C18H26N4OS2. The summed E-state index contributed by atoms with van der Waals surface area (Å²) in [6.45, 7) is 6.53. The minimum absolute atomic E-state index is 0.749. The molecule has 0 N–H and O–H groups in total. The summed E-state index contributed by atoms with van der Waals surface area (Å²) < 4.78 is 10.2. The van der Waals surface area contributed by atoms with Gasteiger partial charge in [-0.1, -0.05) is 13.3 Å². The summed E-state index contributed by atoms with van der Waals surface area (Å²) in [6, 6.07) is 2.36. The van der Waals surface area contributed by atoms with E-state index < -0.39 is 0 Å². The molecule has 2 aliphatic rings. The van der Waals surface area contributed by atoms with Gasteiger partial charge in [-0.25, -0.2) is 4.68 Å². The average Bonchev–Trinajstić information content (AvgIpc) is 3.18.